The molecule has 5 heteroatoms. The number of aliphatic hydroxyl groups is 1. The van der Waals surface area contributed by atoms with Gasteiger partial charge < -0.3 is 20.1 Å². The molecule has 5 nitrogen and oxygen atoms in total. The third-order valence-corrected chi connectivity index (χ3v) is 2.98. The highest BCUT2D eigenvalue weighted by atomic mass is 16.5. The lowest BCUT2D eigenvalue weighted by Gasteiger charge is -2.28. The quantitative estimate of drug-likeness (QED) is 0.758. The van der Waals surface area contributed by atoms with Gasteiger partial charge in [0, 0.05) is 12.6 Å². The van der Waals surface area contributed by atoms with Crippen molar-refractivity contribution >= 4 is 6.03 Å². The van der Waals surface area contributed by atoms with Gasteiger partial charge in [0.15, 0.2) is 0 Å². The monoisotopic (exact) mass is 294 g/mol. The lowest BCUT2D eigenvalue weighted by Crippen LogP contribution is -2.47. The summed E-state index contributed by atoms with van der Waals surface area (Å²) in [7, 11) is 0. The number of hydrogen-bond donors (Lipinski definition) is 2. The molecule has 0 saturated heterocycles. The Hall–Kier alpha value is -1.75. The van der Waals surface area contributed by atoms with Crippen LogP contribution >= 0.6 is 0 Å². The molecule has 0 heterocycles. The molecule has 0 bridgehead atoms. The van der Waals surface area contributed by atoms with Gasteiger partial charge in [-0.05, 0) is 45.4 Å². The molecule has 0 radical (unpaired) electrons. The second-order valence-corrected chi connectivity index (χ2v) is 5.49. The smallest absolute Gasteiger partial charge is 0.317 e. The van der Waals surface area contributed by atoms with Crippen LogP contribution in [0.25, 0.3) is 0 Å². The summed E-state index contributed by atoms with van der Waals surface area (Å²) in [5, 5.41) is 12.2. The highest BCUT2D eigenvalue weighted by Gasteiger charge is 2.17. The van der Waals surface area contributed by atoms with E-state index < -0.39 is 6.10 Å². The Labute approximate surface area is 126 Å². The van der Waals surface area contributed by atoms with Gasteiger partial charge in [-0.1, -0.05) is 12.1 Å². The summed E-state index contributed by atoms with van der Waals surface area (Å²) in [6, 6.07) is 7.65. The van der Waals surface area contributed by atoms with E-state index in [-0.39, 0.29) is 12.1 Å². The van der Waals surface area contributed by atoms with Gasteiger partial charge in [-0.2, -0.15) is 0 Å². The minimum atomic E-state index is -0.540. The molecule has 0 aromatic heterocycles. The Balaban J connectivity index is 2.35. The number of aliphatic hydroxyl groups excluding tert-OH is 1. The van der Waals surface area contributed by atoms with Crippen molar-refractivity contribution in [2.24, 2.45) is 0 Å². The Morgan fingerprint density at radius 2 is 2.10 bits per heavy atom. The van der Waals surface area contributed by atoms with Crippen molar-refractivity contribution in [1.29, 1.82) is 0 Å². The maximum Gasteiger partial charge on any atom is 0.317 e. The van der Waals surface area contributed by atoms with Gasteiger partial charge in [-0.25, -0.2) is 4.79 Å². The van der Waals surface area contributed by atoms with Gasteiger partial charge in [0.25, 0.3) is 0 Å². The number of urea groups is 1. The molecule has 0 saturated carbocycles. The second-order valence-electron chi connectivity index (χ2n) is 5.49. The summed E-state index contributed by atoms with van der Waals surface area (Å²) < 4.78 is 5.58. The zero-order valence-electron chi connectivity index (χ0n) is 13.3. The van der Waals surface area contributed by atoms with Gasteiger partial charge in [-0.3, -0.25) is 0 Å². The lowest BCUT2D eigenvalue weighted by atomic mass is 10.2. The van der Waals surface area contributed by atoms with Crippen LogP contribution in [-0.4, -0.2) is 47.9 Å². The number of benzene rings is 1. The molecule has 0 aliphatic carbocycles. The van der Waals surface area contributed by atoms with Crippen LogP contribution in [0.5, 0.6) is 5.75 Å². The topological polar surface area (TPSA) is 61.8 Å². The Morgan fingerprint density at radius 3 is 2.67 bits per heavy atom. The van der Waals surface area contributed by atoms with Crippen LogP contribution in [0.2, 0.25) is 0 Å². The first-order valence-electron chi connectivity index (χ1n) is 7.32. The van der Waals surface area contributed by atoms with Gasteiger partial charge >= 0.3 is 6.03 Å². The van der Waals surface area contributed by atoms with Crippen molar-refractivity contribution in [3.05, 3.63) is 29.8 Å². The minimum Gasteiger partial charge on any atom is -0.492 e. The summed E-state index contributed by atoms with van der Waals surface area (Å²) in [5.74, 6) is 0.800. The first-order valence-corrected chi connectivity index (χ1v) is 7.32. The fourth-order valence-corrected chi connectivity index (χ4v) is 1.95. The van der Waals surface area contributed by atoms with E-state index in [0.717, 1.165) is 11.3 Å². The van der Waals surface area contributed by atoms with Crippen LogP contribution in [0.15, 0.2) is 24.3 Å². The fourth-order valence-electron chi connectivity index (χ4n) is 1.95. The Morgan fingerprint density at radius 1 is 1.38 bits per heavy atom. The van der Waals surface area contributed by atoms with Crippen LogP contribution in [0, 0.1) is 6.92 Å². The van der Waals surface area contributed by atoms with Crippen molar-refractivity contribution in [3.63, 3.8) is 0 Å². The molecule has 0 aliphatic rings. The minimum absolute atomic E-state index is 0.0392. The number of ether oxygens (including phenoxy) is 1. The summed E-state index contributed by atoms with van der Waals surface area (Å²) in [6.07, 6.45) is -0.540. The first-order chi connectivity index (χ1) is 9.90. The molecule has 1 atom stereocenters. The molecule has 0 fully saturated rings. The van der Waals surface area contributed by atoms with Crippen molar-refractivity contribution in [2.75, 3.05) is 19.7 Å². The van der Waals surface area contributed by atoms with Crippen molar-refractivity contribution in [2.45, 2.75) is 39.8 Å². The molecular weight excluding hydrogens is 268 g/mol. The lowest BCUT2D eigenvalue weighted by molar-refractivity contribution is 0.118. The highest BCUT2D eigenvalue weighted by Crippen LogP contribution is 2.11. The number of hydrogen-bond acceptors (Lipinski definition) is 3. The molecule has 1 aromatic rings. The normalized spacial score (nSPS) is 12.1. The third-order valence-electron chi connectivity index (χ3n) is 2.98. The van der Waals surface area contributed by atoms with Crippen molar-refractivity contribution < 1.29 is 14.6 Å². The number of carbonyl (C=O) groups is 1. The first kappa shape index (κ1) is 17.3. The standard InChI is InChI=1S/C16H26N2O3/c1-12(2)18(11-14(4)19)16(20)17-8-9-21-15-7-5-6-13(3)10-15/h5-7,10,12,14,19H,8-9,11H2,1-4H3,(H,17,20). The number of nitrogens with one attached hydrogen (secondary N) is 1. The van der Waals surface area contributed by atoms with E-state index in [9.17, 15) is 9.90 Å². The van der Waals surface area contributed by atoms with E-state index in [1.807, 2.05) is 45.0 Å². The molecule has 1 unspecified atom stereocenters. The number of nitrogens with zero attached hydrogens (tertiary/aromatic N) is 1. The van der Waals surface area contributed by atoms with Crippen LogP contribution in [0.3, 0.4) is 0 Å². The van der Waals surface area contributed by atoms with Gasteiger partial charge in [0.1, 0.15) is 12.4 Å². The molecule has 118 valence electrons. The molecule has 2 amide bonds. The number of amides is 2. The van der Waals surface area contributed by atoms with Crippen LogP contribution in [0.4, 0.5) is 4.79 Å². The molecule has 0 aliphatic heterocycles. The van der Waals surface area contributed by atoms with E-state index >= 15 is 0 Å². The zero-order valence-corrected chi connectivity index (χ0v) is 13.3. The molecule has 21 heavy (non-hydrogen) atoms. The van der Waals surface area contributed by atoms with Crippen LogP contribution in [0.1, 0.15) is 26.3 Å². The van der Waals surface area contributed by atoms with E-state index in [4.69, 9.17) is 4.74 Å². The van der Waals surface area contributed by atoms with Crippen molar-refractivity contribution in [1.82, 2.24) is 10.2 Å². The zero-order chi connectivity index (χ0) is 15.8. The predicted molar refractivity (Wildman–Crippen MR) is 83.6 cm³/mol. The van der Waals surface area contributed by atoms with Crippen LogP contribution in [-0.2, 0) is 0 Å². The van der Waals surface area contributed by atoms with Gasteiger partial charge in [0.2, 0.25) is 0 Å². The van der Waals surface area contributed by atoms with Crippen LogP contribution < -0.4 is 10.1 Å². The van der Waals surface area contributed by atoms with Crippen molar-refractivity contribution in [3.8, 4) is 5.75 Å². The molecular formula is C16H26N2O3. The largest absolute Gasteiger partial charge is 0.492 e. The molecule has 0 spiro atoms. The molecule has 2 N–H and O–H groups in total. The van der Waals surface area contributed by atoms with Gasteiger partial charge in [0.05, 0.1) is 12.6 Å². The highest BCUT2D eigenvalue weighted by molar-refractivity contribution is 5.74. The van der Waals surface area contributed by atoms with E-state index in [1.165, 1.54) is 0 Å². The van der Waals surface area contributed by atoms with E-state index in [2.05, 4.69) is 5.32 Å². The van der Waals surface area contributed by atoms with E-state index in [0.29, 0.717) is 19.7 Å². The second kappa shape index (κ2) is 8.52. The number of carbonyl (C=O) groups excluding carboxylic acids is 1. The summed E-state index contributed by atoms with van der Waals surface area (Å²) >= 11 is 0. The molecule has 1 rings (SSSR count). The predicted octanol–water partition coefficient (Wildman–Crippen LogP) is 2.17. The summed E-state index contributed by atoms with van der Waals surface area (Å²) in [6.45, 7) is 8.68. The summed E-state index contributed by atoms with van der Waals surface area (Å²) in [4.78, 5) is 13.6. The Bertz CT molecular complexity index is 447. The van der Waals surface area contributed by atoms with E-state index in [1.54, 1.807) is 11.8 Å². The third kappa shape index (κ3) is 6.49. The van der Waals surface area contributed by atoms with Gasteiger partial charge in [-0.15, -0.1) is 0 Å². The average molecular weight is 294 g/mol. The maximum atomic E-state index is 12.0. The SMILES string of the molecule is Cc1cccc(OCCNC(=O)N(CC(C)O)C(C)C)c1. The maximum absolute atomic E-state index is 12.0. The average Bonchev–Trinajstić information content (AvgIpc) is 2.40. The fraction of sp³-hybridized carbons (Fsp3) is 0.562. The summed E-state index contributed by atoms with van der Waals surface area (Å²) in [5.41, 5.74) is 1.14. The molecule has 1 aromatic carbocycles. The number of rotatable bonds is 7. The Kier molecular flexibility index (Phi) is 7.02. The number of aryl methyl sites for hydroxylation is 1.